The van der Waals surface area contributed by atoms with Crippen molar-refractivity contribution < 1.29 is 24.0 Å². The largest absolute Gasteiger partial charge is 0.484 e. The van der Waals surface area contributed by atoms with Gasteiger partial charge < -0.3 is 14.8 Å². The topological polar surface area (TPSA) is 108 Å². The second kappa shape index (κ2) is 9.87. The van der Waals surface area contributed by atoms with Gasteiger partial charge in [0.25, 0.3) is 11.6 Å². The van der Waals surface area contributed by atoms with Gasteiger partial charge in [-0.05, 0) is 69.0 Å². The summed E-state index contributed by atoms with van der Waals surface area (Å²) in [5.74, 6) is -0.366. The monoisotopic (exact) mass is 412 g/mol. The van der Waals surface area contributed by atoms with Crippen molar-refractivity contribution >= 4 is 23.3 Å². The SMILES string of the molecule is Cc1cc(OCC(=O)Nc2ccc(C(=O)OC3CCCCC3)cc2)ccc1[N+](=O)[O-]. The fourth-order valence-electron chi connectivity index (χ4n) is 3.36. The van der Waals surface area contributed by atoms with Crippen molar-refractivity contribution in [1.29, 1.82) is 0 Å². The van der Waals surface area contributed by atoms with Gasteiger partial charge >= 0.3 is 5.97 Å². The highest BCUT2D eigenvalue weighted by molar-refractivity contribution is 5.93. The number of nitrogens with zero attached hydrogens (tertiary/aromatic N) is 1. The van der Waals surface area contributed by atoms with Crippen molar-refractivity contribution in [2.24, 2.45) is 0 Å². The summed E-state index contributed by atoms with van der Waals surface area (Å²) in [7, 11) is 0. The molecule has 0 aliphatic heterocycles. The molecule has 1 aliphatic carbocycles. The van der Waals surface area contributed by atoms with Crippen LogP contribution in [0.1, 0.15) is 48.0 Å². The summed E-state index contributed by atoms with van der Waals surface area (Å²) in [5, 5.41) is 13.5. The molecule has 0 spiro atoms. The van der Waals surface area contributed by atoms with Gasteiger partial charge in [-0.3, -0.25) is 14.9 Å². The molecule has 158 valence electrons. The van der Waals surface area contributed by atoms with Crippen LogP contribution in [0.25, 0.3) is 0 Å². The van der Waals surface area contributed by atoms with E-state index in [4.69, 9.17) is 9.47 Å². The minimum atomic E-state index is -0.472. The van der Waals surface area contributed by atoms with Crippen LogP contribution in [0.2, 0.25) is 0 Å². The molecule has 0 unspecified atom stereocenters. The predicted molar refractivity (Wildman–Crippen MR) is 111 cm³/mol. The van der Waals surface area contributed by atoms with Crippen LogP contribution in [0, 0.1) is 17.0 Å². The van der Waals surface area contributed by atoms with E-state index in [2.05, 4.69) is 5.32 Å². The third-order valence-corrected chi connectivity index (χ3v) is 4.97. The molecule has 0 saturated heterocycles. The van der Waals surface area contributed by atoms with Crippen molar-refractivity contribution in [1.82, 2.24) is 0 Å². The minimum Gasteiger partial charge on any atom is -0.484 e. The third-order valence-electron chi connectivity index (χ3n) is 4.97. The summed E-state index contributed by atoms with van der Waals surface area (Å²) in [5.41, 5.74) is 1.41. The zero-order valence-electron chi connectivity index (χ0n) is 16.8. The zero-order valence-corrected chi connectivity index (χ0v) is 16.8. The van der Waals surface area contributed by atoms with E-state index in [9.17, 15) is 19.7 Å². The number of ether oxygens (including phenoxy) is 2. The van der Waals surface area contributed by atoms with E-state index < -0.39 is 4.92 Å². The van der Waals surface area contributed by atoms with Crippen LogP contribution in [0.15, 0.2) is 42.5 Å². The van der Waals surface area contributed by atoms with E-state index in [-0.39, 0.29) is 30.3 Å². The molecule has 1 N–H and O–H groups in total. The van der Waals surface area contributed by atoms with Crippen LogP contribution >= 0.6 is 0 Å². The number of carbonyl (C=O) groups is 2. The molecule has 30 heavy (non-hydrogen) atoms. The number of esters is 1. The number of amides is 1. The fourth-order valence-corrected chi connectivity index (χ4v) is 3.36. The number of hydrogen-bond acceptors (Lipinski definition) is 6. The molecule has 1 aliphatic rings. The van der Waals surface area contributed by atoms with Crippen LogP contribution in [-0.2, 0) is 9.53 Å². The van der Waals surface area contributed by atoms with Gasteiger partial charge in [-0.1, -0.05) is 6.42 Å². The van der Waals surface area contributed by atoms with Crippen molar-refractivity contribution in [3.05, 3.63) is 63.7 Å². The Labute approximate surface area is 174 Å². The Balaban J connectivity index is 1.48. The van der Waals surface area contributed by atoms with Crippen molar-refractivity contribution in [2.75, 3.05) is 11.9 Å². The molecule has 1 saturated carbocycles. The Morgan fingerprint density at radius 2 is 1.80 bits per heavy atom. The van der Waals surface area contributed by atoms with Gasteiger partial charge in [0.1, 0.15) is 11.9 Å². The fraction of sp³-hybridized carbons (Fsp3) is 0.364. The Kier molecular flexibility index (Phi) is 7.00. The van der Waals surface area contributed by atoms with E-state index >= 15 is 0 Å². The lowest BCUT2D eigenvalue weighted by atomic mass is 9.98. The molecule has 8 heteroatoms. The summed E-state index contributed by atoms with van der Waals surface area (Å²) in [6, 6.07) is 10.8. The first-order valence-electron chi connectivity index (χ1n) is 9.91. The molecule has 1 amide bonds. The molecule has 0 aromatic heterocycles. The maximum atomic E-state index is 12.2. The Morgan fingerprint density at radius 1 is 1.10 bits per heavy atom. The predicted octanol–water partition coefficient (Wildman–Crippen LogP) is 4.41. The lowest BCUT2D eigenvalue weighted by Gasteiger charge is -2.21. The van der Waals surface area contributed by atoms with E-state index in [1.165, 1.54) is 24.6 Å². The molecule has 0 atom stereocenters. The van der Waals surface area contributed by atoms with Gasteiger partial charge in [-0.25, -0.2) is 4.79 Å². The number of nitro benzene ring substituents is 1. The molecule has 0 radical (unpaired) electrons. The average Bonchev–Trinajstić information content (AvgIpc) is 2.73. The number of rotatable bonds is 7. The van der Waals surface area contributed by atoms with Crippen molar-refractivity contribution in [3.63, 3.8) is 0 Å². The van der Waals surface area contributed by atoms with Gasteiger partial charge in [-0.15, -0.1) is 0 Å². The van der Waals surface area contributed by atoms with Crippen molar-refractivity contribution in [2.45, 2.75) is 45.1 Å². The number of hydrogen-bond donors (Lipinski definition) is 1. The van der Waals surface area contributed by atoms with Gasteiger partial charge in [-0.2, -0.15) is 0 Å². The maximum Gasteiger partial charge on any atom is 0.338 e. The summed E-state index contributed by atoms with van der Waals surface area (Å²) in [6.45, 7) is 1.36. The standard InChI is InChI=1S/C22H24N2O6/c1-15-13-19(11-12-20(15)24(27)28)29-14-21(25)23-17-9-7-16(8-10-17)22(26)30-18-5-3-2-4-6-18/h7-13,18H,2-6,14H2,1H3,(H,23,25). The molecule has 0 heterocycles. The Bertz CT molecular complexity index is 920. The van der Waals surface area contributed by atoms with Crippen LogP contribution in [0.4, 0.5) is 11.4 Å². The average molecular weight is 412 g/mol. The summed E-state index contributed by atoms with van der Waals surface area (Å²) >= 11 is 0. The van der Waals surface area contributed by atoms with Crippen LogP contribution in [0.5, 0.6) is 5.75 Å². The molecule has 8 nitrogen and oxygen atoms in total. The Morgan fingerprint density at radius 3 is 2.43 bits per heavy atom. The molecule has 2 aromatic carbocycles. The molecular weight excluding hydrogens is 388 g/mol. The third kappa shape index (κ3) is 5.79. The Hall–Kier alpha value is -3.42. The maximum absolute atomic E-state index is 12.2. The van der Waals surface area contributed by atoms with Crippen LogP contribution in [0.3, 0.4) is 0 Å². The van der Waals surface area contributed by atoms with E-state index in [0.29, 0.717) is 22.6 Å². The second-order valence-corrected chi connectivity index (χ2v) is 7.28. The van der Waals surface area contributed by atoms with E-state index in [1.807, 2.05) is 0 Å². The first kappa shape index (κ1) is 21.3. The number of nitro groups is 1. The van der Waals surface area contributed by atoms with E-state index in [0.717, 1.165) is 25.7 Å². The highest BCUT2D eigenvalue weighted by Crippen LogP contribution is 2.23. The van der Waals surface area contributed by atoms with Crippen LogP contribution < -0.4 is 10.1 Å². The molecule has 2 aromatic rings. The minimum absolute atomic E-state index is 0.00564. The number of anilines is 1. The van der Waals surface area contributed by atoms with Gasteiger partial charge in [0, 0.05) is 17.3 Å². The number of aryl methyl sites for hydroxylation is 1. The quantitative estimate of drug-likeness (QED) is 0.410. The smallest absolute Gasteiger partial charge is 0.338 e. The first-order chi connectivity index (χ1) is 14.4. The second-order valence-electron chi connectivity index (χ2n) is 7.28. The molecule has 1 fully saturated rings. The molecule has 3 rings (SSSR count). The van der Waals surface area contributed by atoms with Gasteiger partial charge in [0.05, 0.1) is 10.5 Å². The zero-order chi connectivity index (χ0) is 21.5. The van der Waals surface area contributed by atoms with Gasteiger partial charge in [0.2, 0.25) is 0 Å². The lowest BCUT2D eigenvalue weighted by Crippen LogP contribution is -2.21. The van der Waals surface area contributed by atoms with Crippen molar-refractivity contribution in [3.8, 4) is 5.75 Å². The number of carbonyl (C=O) groups excluding carboxylic acids is 2. The highest BCUT2D eigenvalue weighted by Gasteiger charge is 2.18. The normalized spacial score (nSPS) is 14.0. The first-order valence-corrected chi connectivity index (χ1v) is 9.91. The van der Waals surface area contributed by atoms with Gasteiger partial charge in [0.15, 0.2) is 6.61 Å². The molecular formula is C22H24N2O6. The molecule has 0 bridgehead atoms. The summed E-state index contributed by atoms with van der Waals surface area (Å²) in [4.78, 5) is 34.7. The summed E-state index contributed by atoms with van der Waals surface area (Å²) in [6.07, 6.45) is 5.18. The number of benzene rings is 2. The van der Waals surface area contributed by atoms with E-state index in [1.54, 1.807) is 31.2 Å². The highest BCUT2D eigenvalue weighted by atomic mass is 16.6. The lowest BCUT2D eigenvalue weighted by molar-refractivity contribution is -0.385. The number of nitrogens with one attached hydrogen (secondary N) is 1. The van der Waals surface area contributed by atoms with Crippen LogP contribution in [-0.4, -0.2) is 29.5 Å². The summed E-state index contributed by atoms with van der Waals surface area (Å²) < 4.78 is 10.9.